The largest absolute Gasteiger partial charge is 0.496 e. The predicted molar refractivity (Wildman–Crippen MR) is 116 cm³/mol. The van der Waals surface area contributed by atoms with E-state index in [2.05, 4.69) is 20.6 Å². The molecule has 3 aromatic rings. The van der Waals surface area contributed by atoms with Gasteiger partial charge in [-0.3, -0.25) is 9.59 Å². The summed E-state index contributed by atoms with van der Waals surface area (Å²) in [6.45, 7) is 5.65. The molecule has 2 amide bonds. The highest BCUT2D eigenvalue weighted by atomic mass is 16.5. The first kappa shape index (κ1) is 21.1. The molecule has 1 aromatic heterocycles. The highest BCUT2D eigenvalue weighted by Gasteiger charge is 2.16. The van der Waals surface area contributed by atoms with Gasteiger partial charge in [0.2, 0.25) is 5.91 Å². The SMILES string of the molecule is COc1ccccc1CC(=O)Nc1cc(C(=O)NC(C)c2ncc(C)[nH]2)ccc1C. The van der Waals surface area contributed by atoms with Crippen LogP contribution in [-0.2, 0) is 11.2 Å². The quantitative estimate of drug-likeness (QED) is 0.557. The fourth-order valence-electron chi connectivity index (χ4n) is 3.12. The minimum atomic E-state index is -0.268. The molecule has 1 unspecified atom stereocenters. The molecular weight excluding hydrogens is 380 g/mol. The predicted octanol–water partition coefficient (Wildman–Crippen LogP) is 3.71. The summed E-state index contributed by atoms with van der Waals surface area (Å²) in [5, 5.41) is 5.82. The number of rotatable bonds is 7. The van der Waals surface area contributed by atoms with Gasteiger partial charge in [0.25, 0.3) is 5.91 Å². The van der Waals surface area contributed by atoms with Crippen molar-refractivity contribution in [2.24, 2.45) is 0 Å². The summed E-state index contributed by atoms with van der Waals surface area (Å²) in [5.41, 5.74) is 3.66. The number of anilines is 1. The normalized spacial score (nSPS) is 11.6. The number of H-pyrrole nitrogens is 1. The van der Waals surface area contributed by atoms with Gasteiger partial charge in [-0.1, -0.05) is 24.3 Å². The molecule has 7 heteroatoms. The summed E-state index contributed by atoms with van der Waals surface area (Å²) in [6, 6.07) is 12.4. The molecule has 3 N–H and O–H groups in total. The van der Waals surface area contributed by atoms with Crippen LogP contribution in [0.3, 0.4) is 0 Å². The highest BCUT2D eigenvalue weighted by molar-refractivity contribution is 5.98. The van der Waals surface area contributed by atoms with Crippen molar-refractivity contribution in [1.82, 2.24) is 15.3 Å². The number of hydrogen-bond donors (Lipinski definition) is 3. The lowest BCUT2D eigenvalue weighted by molar-refractivity contribution is -0.115. The van der Waals surface area contributed by atoms with Crippen LogP contribution >= 0.6 is 0 Å². The van der Waals surface area contributed by atoms with E-state index in [1.807, 2.05) is 51.1 Å². The number of amides is 2. The van der Waals surface area contributed by atoms with E-state index in [0.29, 0.717) is 22.8 Å². The third kappa shape index (κ3) is 5.05. The lowest BCUT2D eigenvalue weighted by Gasteiger charge is -2.14. The van der Waals surface area contributed by atoms with Crippen LogP contribution in [0.1, 0.15) is 46.0 Å². The van der Waals surface area contributed by atoms with Gasteiger partial charge in [0, 0.05) is 28.7 Å². The average Bonchev–Trinajstić information content (AvgIpc) is 3.16. The van der Waals surface area contributed by atoms with Crippen molar-refractivity contribution in [3.05, 3.63) is 76.9 Å². The third-order valence-electron chi connectivity index (χ3n) is 4.80. The van der Waals surface area contributed by atoms with E-state index in [1.54, 1.807) is 25.4 Å². The second-order valence-corrected chi connectivity index (χ2v) is 7.21. The Hall–Kier alpha value is -3.61. The number of methoxy groups -OCH3 is 1. The number of ether oxygens (including phenoxy) is 1. The number of carbonyl (C=O) groups is 2. The number of benzene rings is 2. The van der Waals surface area contributed by atoms with Gasteiger partial charge in [-0.05, 0) is 44.5 Å². The smallest absolute Gasteiger partial charge is 0.251 e. The molecule has 0 aliphatic carbocycles. The Kier molecular flexibility index (Phi) is 6.51. The number of imidazole rings is 1. The molecule has 2 aromatic carbocycles. The number of para-hydroxylation sites is 1. The second kappa shape index (κ2) is 9.26. The minimum Gasteiger partial charge on any atom is -0.496 e. The van der Waals surface area contributed by atoms with Crippen LogP contribution in [0.4, 0.5) is 5.69 Å². The molecule has 3 rings (SSSR count). The summed E-state index contributed by atoms with van der Waals surface area (Å²) in [6.07, 6.45) is 1.90. The van der Waals surface area contributed by atoms with Crippen LogP contribution < -0.4 is 15.4 Å². The topological polar surface area (TPSA) is 96.1 Å². The molecule has 30 heavy (non-hydrogen) atoms. The Balaban J connectivity index is 1.70. The van der Waals surface area contributed by atoms with Gasteiger partial charge in [-0.25, -0.2) is 4.98 Å². The first-order valence-electron chi connectivity index (χ1n) is 9.72. The van der Waals surface area contributed by atoms with Crippen molar-refractivity contribution in [3.63, 3.8) is 0 Å². The van der Waals surface area contributed by atoms with Crippen molar-refractivity contribution < 1.29 is 14.3 Å². The summed E-state index contributed by atoms with van der Waals surface area (Å²) >= 11 is 0. The lowest BCUT2D eigenvalue weighted by atomic mass is 10.1. The fourth-order valence-corrected chi connectivity index (χ4v) is 3.12. The second-order valence-electron chi connectivity index (χ2n) is 7.21. The molecule has 0 bridgehead atoms. The number of aromatic nitrogens is 2. The van der Waals surface area contributed by atoms with E-state index in [0.717, 1.165) is 16.8 Å². The van der Waals surface area contributed by atoms with Crippen molar-refractivity contribution in [2.75, 3.05) is 12.4 Å². The maximum Gasteiger partial charge on any atom is 0.251 e. The molecule has 156 valence electrons. The van der Waals surface area contributed by atoms with Crippen molar-refractivity contribution in [3.8, 4) is 5.75 Å². The number of carbonyl (C=O) groups excluding carboxylic acids is 2. The average molecular weight is 406 g/mol. The molecule has 0 saturated heterocycles. The van der Waals surface area contributed by atoms with Gasteiger partial charge in [0.15, 0.2) is 0 Å². The number of hydrogen-bond acceptors (Lipinski definition) is 4. The molecule has 1 atom stereocenters. The zero-order valence-electron chi connectivity index (χ0n) is 17.6. The Bertz CT molecular complexity index is 1060. The highest BCUT2D eigenvalue weighted by Crippen LogP contribution is 2.21. The van der Waals surface area contributed by atoms with E-state index in [4.69, 9.17) is 4.74 Å². The van der Waals surface area contributed by atoms with Crippen molar-refractivity contribution >= 4 is 17.5 Å². The minimum absolute atomic E-state index is 0.175. The van der Waals surface area contributed by atoms with Crippen LogP contribution in [0.2, 0.25) is 0 Å². The Morgan fingerprint density at radius 1 is 1.17 bits per heavy atom. The third-order valence-corrected chi connectivity index (χ3v) is 4.80. The van der Waals surface area contributed by atoms with Gasteiger partial charge >= 0.3 is 0 Å². The molecule has 0 fully saturated rings. The first-order chi connectivity index (χ1) is 14.4. The molecule has 0 spiro atoms. The summed E-state index contributed by atoms with van der Waals surface area (Å²) in [7, 11) is 1.58. The van der Waals surface area contributed by atoms with E-state index >= 15 is 0 Å². The van der Waals surface area contributed by atoms with Gasteiger partial charge < -0.3 is 20.4 Å². The Morgan fingerprint density at radius 2 is 1.93 bits per heavy atom. The number of aryl methyl sites for hydroxylation is 2. The van der Waals surface area contributed by atoms with Crippen LogP contribution in [0.15, 0.2) is 48.7 Å². The van der Waals surface area contributed by atoms with Crippen LogP contribution in [0.5, 0.6) is 5.75 Å². The Morgan fingerprint density at radius 3 is 2.63 bits per heavy atom. The van der Waals surface area contributed by atoms with Crippen LogP contribution in [0, 0.1) is 13.8 Å². The zero-order valence-corrected chi connectivity index (χ0v) is 17.6. The zero-order chi connectivity index (χ0) is 21.7. The maximum atomic E-state index is 12.7. The molecule has 0 radical (unpaired) electrons. The summed E-state index contributed by atoms with van der Waals surface area (Å²) in [4.78, 5) is 32.6. The summed E-state index contributed by atoms with van der Waals surface area (Å²) < 4.78 is 5.31. The standard InChI is InChI=1S/C23H26N4O3/c1-14-9-10-18(23(29)26-16(3)22-24-13-15(2)25-22)11-19(14)27-21(28)12-17-7-5-6-8-20(17)30-4/h5-11,13,16H,12H2,1-4H3,(H,24,25)(H,26,29)(H,27,28). The van der Waals surface area contributed by atoms with E-state index in [9.17, 15) is 9.59 Å². The van der Waals surface area contributed by atoms with Gasteiger partial charge in [0.1, 0.15) is 11.6 Å². The van der Waals surface area contributed by atoms with Gasteiger partial charge in [-0.2, -0.15) is 0 Å². The molecule has 0 saturated carbocycles. The lowest BCUT2D eigenvalue weighted by Crippen LogP contribution is -2.27. The number of aromatic amines is 1. The Labute approximate surface area is 175 Å². The fraction of sp³-hybridized carbons (Fsp3) is 0.261. The van der Waals surface area contributed by atoms with Gasteiger partial charge in [-0.15, -0.1) is 0 Å². The first-order valence-corrected chi connectivity index (χ1v) is 9.72. The number of nitrogens with zero attached hydrogens (tertiary/aromatic N) is 1. The van der Waals surface area contributed by atoms with Gasteiger partial charge in [0.05, 0.1) is 19.6 Å². The van der Waals surface area contributed by atoms with Crippen LogP contribution in [0.25, 0.3) is 0 Å². The molecule has 0 aliphatic rings. The van der Waals surface area contributed by atoms with Crippen molar-refractivity contribution in [2.45, 2.75) is 33.2 Å². The molecule has 7 nitrogen and oxygen atoms in total. The van der Waals surface area contributed by atoms with E-state index < -0.39 is 0 Å². The molecule has 1 heterocycles. The number of nitrogens with one attached hydrogen (secondary N) is 3. The van der Waals surface area contributed by atoms with E-state index in [-0.39, 0.29) is 24.3 Å². The van der Waals surface area contributed by atoms with Crippen LogP contribution in [-0.4, -0.2) is 28.9 Å². The monoisotopic (exact) mass is 406 g/mol. The molecule has 0 aliphatic heterocycles. The molecular formula is C23H26N4O3. The summed E-state index contributed by atoms with van der Waals surface area (Å²) in [5.74, 6) is 0.939. The van der Waals surface area contributed by atoms with E-state index in [1.165, 1.54) is 0 Å². The maximum absolute atomic E-state index is 12.7. The van der Waals surface area contributed by atoms with Crippen molar-refractivity contribution in [1.29, 1.82) is 0 Å².